The molecule has 1 heterocycles. The summed E-state index contributed by atoms with van der Waals surface area (Å²) in [6, 6.07) is 7.67. The highest BCUT2D eigenvalue weighted by molar-refractivity contribution is 7.92. The van der Waals surface area contributed by atoms with Crippen LogP contribution in [0.2, 0.25) is 0 Å². The Hall–Kier alpha value is -2.48. The number of benzene rings is 1. The van der Waals surface area contributed by atoms with Gasteiger partial charge in [0.2, 0.25) is 5.91 Å². The van der Waals surface area contributed by atoms with E-state index in [9.17, 15) is 13.2 Å². The molecule has 0 aliphatic heterocycles. The van der Waals surface area contributed by atoms with Crippen LogP contribution in [-0.4, -0.2) is 24.3 Å². The number of aromatic nitrogens is 2. The van der Waals surface area contributed by atoms with Crippen molar-refractivity contribution in [2.75, 3.05) is 10.0 Å². The molecule has 1 aromatic carbocycles. The molecule has 0 spiro atoms. The van der Waals surface area contributed by atoms with Gasteiger partial charge in [-0.3, -0.25) is 9.52 Å². The van der Waals surface area contributed by atoms with E-state index >= 15 is 0 Å². The van der Waals surface area contributed by atoms with Crippen molar-refractivity contribution >= 4 is 27.4 Å². The minimum Gasteiger partial charge on any atom is -0.326 e. The molecule has 0 unspecified atom stereocenters. The lowest BCUT2D eigenvalue weighted by Gasteiger charge is -2.10. The van der Waals surface area contributed by atoms with E-state index in [2.05, 4.69) is 26.9 Å². The molecule has 2 aromatic rings. The second kappa shape index (κ2) is 10.9. The molecule has 0 radical (unpaired) electrons. The van der Waals surface area contributed by atoms with Gasteiger partial charge in [-0.05, 0) is 44.5 Å². The summed E-state index contributed by atoms with van der Waals surface area (Å²) >= 11 is 0. The van der Waals surface area contributed by atoms with Crippen LogP contribution in [0.4, 0.5) is 11.5 Å². The molecule has 0 saturated carbocycles. The normalized spacial score (nSPS) is 11.3. The van der Waals surface area contributed by atoms with Crippen molar-refractivity contribution in [1.82, 2.24) is 9.97 Å². The summed E-state index contributed by atoms with van der Waals surface area (Å²) in [6.07, 6.45) is 7.22. The Kier molecular flexibility index (Phi) is 8.57. The van der Waals surface area contributed by atoms with Crippen molar-refractivity contribution in [3.05, 3.63) is 41.9 Å². The molecule has 0 fully saturated rings. The molecule has 1 amide bonds. The molecule has 8 heteroatoms. The number of hydrogen-bond donors (Lipinski definition) is 2. The predicted octanol–water partition coefficient (Wildman–Crippen LogP) is 4.58. The minimum atomic E-state index is -3.77. The van der Waals surface area contributed by atoms with Gasteiger partial charge in [0.15, 0.2) is 0 Å². The van der Waals surface area contributed by atoms with Gasteiger partial charge in [-0.2, -0.15) is 0 Å². The van der Waals surface area contributed by atoms with Gasteiger partial charge in [0, 0.05) is 23.9 Å². The minimum absolute atomic E-state index is 0.0545. The lowest BCUT2D eigenvalue weighted by atomic mass is 10.1. The van der Waals surface area contributed by atoms with Gasteiger partial charge >= 0.3 is 0 Å². The number of unbranched alkanes of at least 4 members (excludes halogenated alkanes) is 5. The fourth-order valence-corrected chi connectivity index (χ4v) is 3.96. The van der Waals surface area contributed by atoms with Crippen LogP contribution in [-0.2, 0) is 14.8 Å². The zero-order valence-electron chi connectivity index (χ0n) is 17.4. The van der Waals surface area contributed by atoms with E-state index in [-0.39, 0.29) is 16.6 Å². The van der Waals surface area contributed by atoms with Crippen LogP contribution in [0.15, 0.2) is 35.2 Å². The SMILES string of the molecule is CCCCCCCCC(=O)Nc1ccc(S(=O)(=O)Nc2cc(C)nc(C)n2)cc1. The highest BCUT2D eigenvalue weighted by Gasteiger charge is 2.15. The Morgan fingerprint density at radius 3 is 2.28 bits per heavy atom. The Morgan fingerprint density at radius 1 is 0.966 bits per heavy atom. The first-order chi connectivity index (χ1) is 13.8. The molecule has 0 aliphatic rings. The van der Waals surface area contributed by atoms with E-state index in [1.54, 1.807) is 32.0 Å². The number of anilines is 2. The summed E-state index contributed by atoms with van der Waals surface area (Å²) in [5.41, 5.74) is 1.26. The molecule has 0 aliphatic carbocycles. The van der Waals surface area contributed by atoms with Crippen molar-refractivity contribution in [1.29, 1.82) is 0 Å². The Labute approximate surface area is 173 Å². The third-order valence-corrected chi connectivity index (χ3v) is 5.78. The maximum absolute atomic E-state index is 12.5. The van der Waals surface area contributed by atoms with E-state index in [1.165, 1.54) is 31.4 Å². The molecule has 158 valence electrons. The van der Waals surface area contributed by atoms with Crippen LogP contribution < -0.4 is 10.0 Å². The maximum atomic E-state index is 12.5. The van der Waals surface area contributed by atoms with Crippen LogP contribution in [0.1, 0.15) is 63.4 Å². The Morgan fingerprint density at radius 2 is 1.62 bits per heavy atom. The van der Waals surface area contributed by atoms with Gasteiger partial charge < -0.3 is 5.32 Å². The van der Waals surface area contributed by atoms with Crippen molar-refractivity contribution < 1.29 is 13.2 Å². The van der Waals surface area contributed by atoms with Crippen LogP contribution in [0, 0.1) is 13.8 Å². The number of carbonyl (C=O) groups is 1. The molecule has 2 rings (SSSR count). The molecule has 0 saturated heterocycles. The number of sulfonamides is 1. The highest BCUT2D eigenvalue weighted by Crippen LogP contribution is 2.18. The van der Waals surface area contributed by atoms with Crippen molar-refractivity contribution in [3.63, 3.8) is 0 Å². The lowest BCUT2D eigenvalue weighted by Crippen LogP contribution is -2.15. The second-order valence-electron chi connectivity index (χ2n) is 7.14. The van der Waals surface area contributed by atoms with Crippen molar-refractivity contribution in [3.8, 4) is 0 Å². The van der Waals surface area contributed by atoms with Crippen molar-refractivity contribution in [2.45, 2.75) is 70.6 Å². The molecule has 0 atom stereocenters. The number of carbonyl (C=O) groups excluding carboxylic acids is 1. The maximum Gasteiger partial charge on any atom is 0.263 e. The third kappa shape index (κ3) is 7.81. The van der Waals surface area contributed by atoms with Gasteiger partial charge in [0.1, 0.15) is 11.6 Å². The van der Waals surface area contributed by atoms with Crippen LogP contribution in [0.5, 0.6) is 0 Å². The van der Waals surface area contributed by atoms with Crippen LogP contribution in [0.3, 0.4) is 0 Å². The number of rotatable bonds is 11. The van der Waals surface area contributed by atoms with Gasteiger partial charge in [0.05, 0.1) is 4.90 Å². The number of nitrogens with zero attached hydrogens (tertiary/aromatic N) is 2. The zero-order chi connectivity index (χ0) is 21.3. The summed E-state index contributed by atoms with van der Waals surface area (Å²) in [7, 11) is -3.77. The number of aryl methyl sites for hydroxylation is 2. The van der Waals surface area contributed by atoms with E-state index in [0.717, 1.165) is 19.3 Å². The summed E-state index contributed by atoms with van der Waals surface area (Å²) in [6.45, 7) is 5.65. The highest BCUT2D eigenvalue weighted by atomic mass is 32.2. The first-order valence-electron chi connectivity index (χ1n) is 10.0. The summed E-state index contributed by atoms with van der Waals surface area (Å²) in [4.78, 5) is 20.4. The van der Waals surface area contributed by atoms with Crippen LogP contribution in [0.25, 0.3) is 0 Å². The largest absolute Gasteiger partial charge is 0.326 e. The Bertz CT molecular complexity index is 892. The second-order valence-corrected chi connectivity index (χ2v) is 8.82. The molecule has 7 nitrogen and oxygen atoms in total. The van der Waals surface area contributed by atoms with Crippen molar-refractivity contribution in [2.24, 2.45) is 0 Å². The average Bonchev–Trinajstić information content (AvgIpc) is 2.64. The number of amides is 1. The summed E-state index contributed by atoms with van der Waals surface area (Å²) in [5, 5.41) is 2.81. The first-order valence-corrected chi connectivity index (χ1v) is 11.5. The zero-order valence-corrected chi connectivity index (χ0v) is 18.2. The molecule has 0 bridgehead atoms. The van der Waals surface area contributed by atoms with Gasteiger partial charge in [-0.25, -0.2) is 18.4 Å². The Balaban J connectivity index is 1.89. The molecule has 29 heavy (non-hydrogen) atoms. The quantitative estimate of drug-likeness (QED) is 0.520. The topological polar surface area (TPSA) is 101 Å². The van der Waals surface area contributed by atoms with Crippen LogP contribution >= 0.6 is 0 Å². The van der Waals surface area contributed by atoms with E-state index in [1.807, 2.05) is 0 Å². The summed E-state index contributed by atoms with van der Waals surface area (Å²) < 4.78 is 27.6. The fourth-order valence-electron chi connectivity index (χ4n) is 2.97. The molecule has 2 N–H and O–H groups in total. The van der Waals surface area contributed by atoms with Gasteiger partial charge in [-0.15, -0.1) is 0 Å². The average molecular weight is 419 g/mol. The summed E-state index contributed by atoms with van der Waals surface area (Å²) in [5.74, 6) is 0.665. The monoisotopic (exact) mass is 418 g/mol. The number of nitrogens with one attached hydrogen (secondary N) is 2. The predicted molar refractivity (Wildman–Crippen MR) is 115 cm³/mol. The first kappa shape index (κ1) is 22.8. The number of hydrogen-bond acceptors (Lipinski definition) is 5. The lowest BCUT2D eigenvalue weighted by molar-refractivity contribution is -0.116. The van der Waals surface area contributed by atoms with E-state index < -0.39 is 10.0 Å². The van der Waals surface area contributed by atoms with E-state index in [4.69, 9.17) is 0 Å². The standard InChI is InChI=1S/C21H30N4O3S/c1-4-5-6-7-8-9-10-21(26)24-18-11-13-19(14-12-18)29(27,28)25-20-15-16(2)22-17(3)23-20/h11-15H,4-10H2,1-3H3,(H,24,26)(H,22,23,25). The van der Waals surface area contributed by atoms with Gasteiger partial charge in [0.25, 0.3) is 10.0 Å². The third-order valence-electron chi connectivity index (χ3n) is 4.41. The van der Waals surface area contributed by atoms with E-state index in [0.29, 0.717) is 23.6 Å². The molecular formula is C21H30N4O3S. The fraction of sp³-hybridized carbons (Fsp3) is 0.476. The smallest absolute Gasteiger partial charge is 0.263 e. The molecular weight excluding hydrogens is 388 g/mol. The molecule has 1 aromatic heterocycles. The van der Waals surface area contributed by atoms with Gasteiger partial charge in [-0.1, -0.05) is 39.0 Å².